The van der Waals surface area contributed by atoms with Gasteiger partial charge in [0, 0.05) is 19.6 Å². The second-order valence-electron chi connectivity index (χ2n) is 6.42. The van der Waals surface area contributed by atoms with Gasteiger partial charge in [-0.3, -0.25) is 4.52 Å². The molecule has 1 aliphatic heterocycles. The predicted molar refractivity (Wildman–Crippen MR) is 108 cm³/mol. The topological polar surface area (TPSA) is 146 Å². The Labute approximate surface area is 183 Å². The average Bonchev–Trinajstić information content (AvgIpc) is 3.37. The number of hydrogen-bond acceptors (Lipinski definition) is 10. The Kier molecular flexibility index (Phi) is 6.17. The lowest BCUT2D eigenvalue weighted by molar-refractivity contribution is 0.0731. The van der Waals surface area contributed by atoms with Crippen LogP contribution in [0.25, 0.3) is 17.2 Å². The Morgan fingerprint density at radius 1 is 1.19 bits per heavy atom. The molecule has 4 rings (SSSR count). The molecule has 0 spiro atoms. The number of hydrogen-bond donors (Lipinski definition) is 1. The third-order valence-electron chi connectivity index (χ3n) is 4.48. The molecule has 3 aromatic rings. The Hall–Kier alpha value is -2.62. The predicted octanol–water partition coefficient (Wildman–Crippen LogP) is 0.851. The summed E-state index contributed by atoms with van der Waals surface area (Å²) in [6, 6.07) is 3.89. The molecular weight excluding hydrogens is 503 g/mol. The fourth-order valence-electron chi connectivity index (χ4n) is 2.95. The Bertz CT molecular complexity index is 1240. The number of anilines is 1. The van der Waals surface area contributed by atoms with Gasteiger partial charge in [0.25, 0.3) is 0 Å². The van der Waals surface area contributed by atoms with Crippen LogP contribution in [0.15, 0.2) is 36.6 Å². The van der Waals surface area contributed by atoms with Crippen LogP contribution in [0.1, 0.15) is 0 Å². The van der Waals surface area contributed by atoms with Gasteiger partial charge in [-0.1, -0.05) is 5.16 Å². The van der Waals surface area contributed by atoms with Crippen LogP contribution in [0.5, 0.6) is 0 Å². The highest BCUT2D eigenvalue weighted by atomic mass is 79.9. The lowest BCUT2D eigenvalue weighted by Gasteiger charge is -2.25. The zero-order chi connectivity index (χ0) is 22.0. The summed E-state index contributed by atoms with van der Waals surface area (Å²) in [5.41, 5.74) is 0.286. The van der Waals surface area contributed by atoms with E-state index >= 15 is 0 Å². The van der Waals surface area contributed by atoms with E-state index in [0.717, 1.165) is 4.57 Å². The number of nitrogens with one attached hydrogen (secondary N) is 1. The van der Waals surface area contributed by atoms with Crippen molar-refractivity contribution in [2.75, 3.05) is 43.9 Å². The number of rotatable bonds is 7. The number of nitrogens with zero attached hydrogens (tertiary/aromatic N) is 5. The monoisotopic (exact) mass is 518 g/mol. The molecule has 166 valence electrons. The quantitative estimate of drug-likeness (QED) is 0.477. The van der Waals surface area contributed by atoms with Crippen LogP contribution in [-0.4, -0.2) is 71.4 Å². The molecule has 0 aliphatic carbocycles. The van der Waals surface area contributed by atoms with Gasteiger partial charge in [0.1, 0.15) is 5.82 Å². The normalized spacial score (nSPS) is 15.3. The second-order valence-corrected chi connectivity index (χ2v) is 9.36. The molecule has 0 atom stereocenters. The molecular formula is C16H16BrFN6O6S. The highest BCUT2D eigenvalue weighted by molar-refractivity contribution is 9.10. The minimum absolute atomic E-state index is 0.00504. The van der Waals surface area contributed by atoms with Gasteiger partial charge in [0.2, 0.25) is 21.7 Å². The van der Waals surface area contributed by atoms with Crippen molar-refractivity contribution in [1.82, 2.24) is 24.3 Å². The summed E-state index contributed by atoms with van der Waals surface area (Å²) in [6.07, 6.45) is 0. The van der Waals surface area contributed by atoms with Crippen LogP contribution >= 0.6 is 15.9 Å². The first-order chi connectivity index (χ1) is 14.9. The largest absolute Gasteiger partial charge is 0.446 e. The molecule has 1 N–H and O–H groups in total. The Balaban J connectivity index is 1.54. The van der Waals surface area contributed by atoms with Gasteiger partial charge in [-0.05, 0) is 44.4 Å². The fraction of sp³-hybridized carbons (Fsp3) is 0.375. The summed E-state index contributed by atoms with van der Waals surface area (Å²) in [4.78, 5) is 12.2. The molecule has 1 fully saturated rings. The van der Waals surface area contributed by atoms with Gasteiger partial charge < -0.3 is 10.1 Å². The number of morpholine rings is 1. The van der Waals surface area contributed by atoms with Crippen LogP contribution in [0.2, 0.25) is 0 Å². The summed E-state index contributed by atoms with van der Waals surface area (Å²) in [6.45, 7) is 1.32. The maximum Gasteiger partial charge on any atom is 0.446 e. The van der Waals surface area contributed by atoms with Crippen molar-refractivity contribution in [3.05, 3.63) is 39.0 Å². The summed E-state index contributed by atoms with van der Waals surface area (Å²) < 4.78 is 55.6. The lowest BCUT2D eigenvalue weighted by atomic mass is 10.3. The van der Waals surface area contributed by atoms with Gasteiger partial charge in [-0.15, -0.1) is 0 Å². The number of benzene rings is 1. The van der Waals surface area contributed by atoms with E-state index in [4.69, 9.17) is 13.9 Å². The zero-order valence-corrected chi connectivity index (χ0v) is 18.2. The van der Waals surface area contributed by atoms with Crippen molar-refractivity contribution in [1.29, 1.82) is 0 Å². The van der Waals surface area contributed by atoms with E-state index in [2.05, 4.69) is 36.7 Å². The van der Waals surface area contributed by atoms with E-state index < -0.39 is 21.6 Å². The maximum absolute atomic E-state index is 13.6. The van der Waals surface area contributed by atoms with Crippen molar-refractivity contribution in [2.24, 2.45) is 0 Å². The minimum Gasteiger partial charge on any atom is -0.379 e. The van der Waals surface area contributed by atoms with Crippen LogP contribution < -0.4 is 11.1 Å². The smallest absolute Gasteiger partial charge is 0.379 e. The fourth-order valence-corrected chi connectivity index (χ4v) is 4.65. The molecule has 31 heavy (non-hydrogen) atoms. The molecule has 0 radical (unpaired) electrons. The second kappa shape index (κ2) is 8.86. The standard InChI is InChI=1S/C16H16BrFN6O6S/c17-11-9-10(1-2-12(11)18)24-15(22-29-16(24)25)13-14(21-30-20-13)19-3-8-31(26,27)23-4-6-28-7-5-23/h1-2,9H,3-8H2,(H,19,21). The highest BCUT2D eigenvalue weighted by Gasteiger charge is 2.26. The average molecular weight is 519 g/mol. The van der Waals surface area contributed by atoms with Gasteiger partial charge >= 0.3 is 5.76 Å². The van der Waals surface area contributed by atoms with Crippen LogP contribution in [0.3, 0.4) is 0 Å². The van der Waals surface area contributed by atoms with E-state index in [1.807, 2.05) is 0 Å². The number of aromatic nitrogens is 4. The summed E-state index contributed by atoms with van der Waals surface area (Å²) >= 11 is 3.06. The van der Waals surface area contributed by atoms with E-state index in [1.54, 1.807) is 0 Å². The first-order valence-corrected chi connectivity index (χ1v) is 11.4. The molecule has 0 saturated carbocycles. The third kappa shape index (κ3) is 4.53. The van der Waals surface area contributed by atoms with Crippen molar-refractivity contribution >= 4 is 31.8 Å². The Morgan fingerprint density at radius 2 is 1.97 bits per heavy atom. The zero-order valence-electron chi connectivity index (χ0n) is 15.8. The van der Waals surface area contributed by atoms with Crippen LogP contribution in [0.4, 0.5) is 10.2 Å². The number of halogens is 2. The molecule has 2 aromatic heterocycles. The van der Waals surface area contributed by atoms with E-state index in [9.17, 15) is 17.6 Å². The van der Waals surface area contributed by atoms with Crippen molar-refractivity contribution in [3.8, 4) is 17.2 Å². The van der Waals surface area contributed by atoms with Crippen molar-refractivity contribution < 1.29 is 26.7 Å². The molecule has 0 amide bonds. The molecule has 1 aromatic carbocycles. The van der Waals surface area contributed by atoms with Crippen LogP contribution in [0, 0.1) is 5.82 Å². The SMILES string of the molecule is O=c1onc(-c2nonc2NCCS(=O)(=O)N2CCOCC2)n1-c1ccc(F)c(Br)c1. The van der Waals surface area contributed by atoms with Gasteiger partial charge in [0.05, 0.1) is 29.1 Å². The number of sulfonamides is 1. The number of ether oxygens (including phenoxy) is 1. The van der Waals surface area contributed by atoms with Crippen LogP contribution in [-0.2, 0) is 14.8 Å². The van der Waals surface area contributed by atoms with E-state index in [1.165, 1.54) is 22.5 Å². The van der Waals surface area contributed by atoms with E-state index in [0.29, 0.717) is 26.3 Å². The molecule has 1 aliphatic rings. The molecule has 3 heterocycles. The molecule has 0 unspecified atom stereocenters. The Morgan fingerprint density at radius 3 is 2.71 bits per heavy atom. The van der Waals surface area contributed by atoms with Gasteiger partial charge in [-0.25, -0.2) is 26.8 Å². The first kappa shape index (κ1) is 21.6. The summed E-state index contributed by atoms with van der Waals surface area (Å²) in [7, 11) is -3.49. The summed E-state index contributed by atoms with van der Waals surface area (Å²) in [5, 5.41) is 14.0. The van der Waals surface area contributed by atoms with E-state index in [-0.39, 0.29) is 39.8 Å². The highest BCUT2D eigenvalue weighted by Crippen LogP contribution is 2.26. The molecule has 1 saturated heterocycles. The lowest BCUT2D eigenvalue weighted by Crippen LogP contribution is -2.42. The van der Waals surface area contributed by atoms with Crippen molar-refractivity contribution in [2.45, 2.75) is 0 Å². The third-order valence-corrected chi connectivity index (χ3v) is 6.96. The summed E-state index contributed by atoms with van der Waals surface area (Å²) in [5.74, 6) is -1.53. The minimum atomic E-state index is -3.49. The first-order valence-electron chi connectivity index (χ1n) is 9.03. The van der Waals surface area contributed by atoms with Gasteiger partial charge in [0.15, 0.2) is 5.69 Å². The maximum atomic E-state index is 13.6. The molecule has 0 bridgehead atoms. The molecule has 15 heteroatoms. The van der Waals surface area contributed by atoms with Crippen molar-refractivity contribution in [3.63, 3.8) is 0 Å². The van der Waals surface area contributed by atoms with Gasteiger partial charge in [-0.2, -0.15) is 4.31 Å². The molecule has 12 nitrogen and oxygen atoms in total.